The molecule has 0 aromatic heterocycles. The number of nitrogens with two attached hydrogens (primary N) is 2. The van der Waals surface area contributed by atoms with Crippen LogP contribution in [-0.4, -0.2) is 5.11 Å². The quantitative estimate of drug-likeness (QED) is 0.461. The lowest BCUT2D eigenvalue weighted by Crippen LogP contribution is -2.05. The van der Waals surface area contributed by atoms with Gasteiger partial charge < -0.3 is 16.6 Å². The van der Waals surface area contributed by atoms with Gasteiger partial charge in [0.05, 0.1) is 0 Å². The lowest BCUT2D eigenvalue weighted by Gasteiger charge is -2.08. The summed E-state index contributed by atoms with van der Waals surface area (Å²) in [6.45, 7) is 1.80. The minimum absolute atomic E-state index is 0. The van der Waals surface area contributed by atoms with Crippen molar-refractivity contribution in [1.29, 1.82) is 0 Å². The van der Waals surface area contributed by atoms with Crippen molar-refractivity contribution < 1.29 is 5.11 Å². The van der Waals surface area contributed by atoms with Crippen LogP contribution in [0.2, 0.25) is 0 Å². The van der Waals surface area contributed by atoms with Gasteiger partial charge in [-0.3, -0.25) is 0 Å². The molecule has 1 aromatic carbocycles. The molecule has 4 heteroatoms. The average Bonchev–Trinajstić information content (AvgIpc) is 1.94. The molecule has 1 rings (SSSR count). The molecule has 0 fully saturated rings. The van der Waals surface area contributed by atoms with Crippen molar-refractivity contribution >= 4 is 18.1 Å². The molecule has 1 aromatic rings. The summed E-state index contributed by atoms with van der Waals surface area (Å²) in [5.41, 5.74) is 12.4. The molecule has 3 nitrogen and oxygen atoms in total. The van der Waals surface area contributed by atoms with Gasteiger partial charge in [-0.15, -0.1) is 12.4 Å². The lowest BCUT2D eigenvalue weighted by molar-refractivity contribution is 0.464. The van der Waals surface area contributed by atoms with Crippen molar-refractivity contribution in [1.82, 2.24) is 0 Å². The zero-order chi connectivity index (χ0) is 8.43. The SMILES string of the molecule is CC(N)c1cc(N)ccc1O.Cl. The maximum absolute atomic E-state index is 9.27. The Kier molecular flexibility index (Phi) is 3.86. The molecule has 0 amide bonds. The Bertz CT molecular complexity index is 263. The maximum Gasteiger partial charge on any atom is 0.120 e. The third kappa shape index (κ3) is 2.29. The van der Waals surface area contributed by atoms with Crippen LogP contribution >= 0.6 is 12.4 Å². The lowest BCUT2D eigenvalue weighted by atomic mass is 10.1. The van der Waals surface area contributed by atoms with Crippen molar-refractivity contribution in [2.45, 2.75) is 13.0 Å². The van der Waals surface area contributed by atoms with E-state index in [4.69, 9.17) is 11.5 Å². The number of hydrogen-bond donors (Lipinski definition) is 3. The Labute approximate surface area is 77.8 Å². The number of hydrogen-bond acceptors (Lipinski definition) is 3. The summed E-state index contributed by atoms with van der Waals surface area (Å²) in [6.07, 6.45) is 0. The van der Waals surface area contributed by atoms with Gasteiger partial charge in [0.15, 0.2) is 0 Å². The fourth-order valence-corrected chi connectivity index (χ4v) is 0.938. The van der Waals surface area contributed by atoms with E-state index in [2.05, 4.69) is 0 Å². The number of phenolic OH excluding ortho intramolecular Hbond substituents is 1. The van der Waals surface area contributed by atoms with Gasteiger partial charge in [-0.25, -0.2) is 0 Å². The monoisotopic (exact) mass is 188 g/mol. The van der Waals surface area contributed by atoms with E-state index < -0.39 is 0 Å². The van der Waals surface area contributed by atoms with Crippen LogP contribution in [0.25, 0.3) is 0 Å². The molecule has 0 bridgehead atoms. The summed E-state index contributed by atoms with van der Waals surface area (Å²) >= 11 is 0. The predicted octanol–water partition coefficient (Wildman–Crippen LogP) is 1.42. The van der Waals surface area contributed by atoms with Gasteiger partial charge >= 0.3 is 0 Å². The molecule has 1 unspecified atom stereocenters. The second kappa shape index (κ2) is 4.18. The molecular weight excluding hydrogens is 176 g/mol. The second-order valence-electron chi connectivity index (χ2n) is 2.61. The van der Waals surface area contributed by atoms with E-state index in [9.17, 15) is 5.11 Å². The van der Waals surface area contributed by atoms with Crippen molar-refractivity contribution in [2.24, 2.45) is 5.73 Å². The standard InChI is InChI=1S/C8H12N2O.ClH/c1-5(9)7-4-6(10)2-3-8(7)11;/h2-5,11H,9-10H2,1H3;1H. The topological polar surface area (TPSA) is 72.3 Å². The van der Waals surface area contributed by atoms with Crippen molar-refractivity contribution in [2.75, 3.05) is 5.73 Å². The molecule has 0 saturated carbocycles. The number of aromatic hydroxyl groups is 1. The molecule has 0 aliphatic heterocycles. The summed E-state index contributed by atoms with van der Waals surface area (Å²) in [5, 5.41) is 9.27. The molecule has 0 spiro atoms. The van der Waals surface area contributed by atoms with E-state index in [1.165, 1.54) is 0 Å². The molecule has 0 aliphatic carbocycles. The van der Waals surface area contributed by atoms with Crippen molar-refractivity contribution in [3.8, 4) is 5.75 Å². The Balaban J connectivity index is 0.00000121. The van der Waals surface area contributed by atoms with Gasteiger partial charge in [0, 0.05) is 17.3 Å². The highest BCUT2D eigenvalue weighted by molar-refractivity contribution is 5.85. The van der Waals surface area contributed by atoms with E-state index in [1.54, 1.807) is 25.1 Å². The van der Waals surface area contributed by atoms with Gasteiger partial charge in [-0.2, -0.15) is 0 Å². The van der Waals surface area contributed by atoms with Crippen LogP contribution in [0.1, 0.15) is 18.5 Å². The van der Waals surface area contributed by atoms with Gasteiger partial charge in [-0.05, 0) is 25.1 Å². The molecule has 0 aliphatic rings. The van der Waals surface area contributed by atoms with Crippen LogP contribution in [0.5, 0.6) is 5.75 Å². The van der Waals surface area contributed by atoms with E-state index in [1.807, 2.05) is 0 Å². The first kappa shape index (κ1) is 11.1. The molecule has 0 heterocycles. The third-order valence-electron chi connectivity index (χ3n) is 1.54. The number of benzene rings is 1. The fraction of sp³-hybridized carbons (Fsp3) is 0.250. The van der Waals surface area contributed by atoms with Crippen LogP contribution in [0, 0.1) is 0 Å². The van der Waals surface area contributed by atoms with E-state index in [-0.39, 0.29) is 24.2 Å². The molecule has 0 saturated heterocycles. The van der Waals surface area contributed by atoms with Crippen LogP contribution in [0.15, 0.2) is 18.2 Å². The first-order valence-electron chi connectivity index (χ1n) is 3.45. The number of halogens is 1. The molecular formula is C8H13ClN2O. The predicted molar refractivity (Wildman–Crippen MR) is 52.4 cm³/mol. The molecule has 0 radical (unpaired) electrons. The van der Waals surface area contributed by atoms with E-state index in [0.717, 1.165) is 0 Å². The molecule has 1 atom stereocenters. The highest BCUT2D eigenvalue weighted by atomic mass is 35.5. The highest BCUT2D eigenvalue weighted by Gasteiger charge is 2.04. The van der Waals surface area contributed by atoms with Crippen LogP contribution in [-0.2, 0) is 0 Å². The minimum Gasteiger partial charge on any atom is -0.508 e. The number of phenols is 1. The minimum atomic E-state index is -0.182. The summed E-state index contributed by atoms with van der Waals surface area (Å²) in [5.74, 6) is 0.203. The third-order valence-corrected chi connectivity index (χ3v) is 1.54. The summed E-state index contributed by atoms with van der Waals surface area (Å²) in [7, 11) is 0. The number of rotatable bonds is 1. The van der Waals surface area contributed by atoms with Crippen molar-refractivity contribution in [3.05, 3.63) is 23.8 Å². The van der Waals surface area contributed by atoms with Crippen LogP contribution in [0.3, 0.4) is 0 Å². The van der Waals surface area contributed by atoms with Gasteiger partial charge in [0.25, 0.3) is 0 Å². The Morgan fingerprint density at radius 1 is 1.42 bits per heavy atom. The second-order valence-corrected chi connectivity index (χ2v) is 2.61. The summed E-state index contributed by atoms with van der Waals surface area (Å²) in [6, 6.07) is 4.69. The highest BCUT2D eigenvalue weighted by Crippen LogP contribution is 2.24. The Hall–Kier alpha value is -0.930. The summed E-state index contributed by atoms with van der Waals surface area (Å²) < 4.78 is 0. The van der Waals surface area contributed by atoms with Gasteiger partial charge in [0.1, 0.15) is 5.75 Å². The zero-order valence-electron chi connectivity index (χ0n) is 6.82. The zero-order valence-corrected chi connectivity index (χ0v) is 7.64. The average molecular weight is 189 g/mol. The van der Waals surface area contributed by atoms with E-state index in [0.29, 0.717) is 11.3 Å². The molecule has 12 heavy (non-hydrogen) atoms. The smallest absolute Gasteiger partial charge is 0.120 e. The van der Waals surface area contributed by atoms with Crippen molar-refractivity contribution in [3.63, 3.8) is 0 Å². The molecule has 68 valence electrons. The fourth-order valence-electron chi connectivity index (χ4n) is 0.938. The van der Waals surface area contributed by atoms with Crippen LogP contribution in [0.4, 0.5) is 5.69 Å². The van der Waals surface area contributed by atoms with Gasteiger partial charge in [0.2, 0.25) is 0 Å². The summed E-state index contributed by atoms with van der Waals surface area (Å²) in [4.78, 5) is 0. The van der Waals surface area contributed by atoms with Gasteiger partial charge in [-0.1, -0.05) is 0 Å². The first-order valence-corrected chi connectivity index (χ1v) is 3.45. The Morgan fingerprint density at radius 2 is 2.00 bits per heavy atom. The maximum atomic E-state index is 9.27. The molecule has 5 N–H and O–H groups in total. The number of nitrogen functional groups attached to an aromatic ring is 1. The first-order chi connectivity index (χ1) is 5.11. The largest absolute Gasteiger partial charge is 0.508 e. The van der Waals surface area contributed by atoms with E-state index >= 15 is 0 Å². The number of anilines is 1. The van der Waals surface area contributed by atoms with Crippen LogP contribution < -0.4 is 11.5 Å². The Morgan fingerprint density at radius 3 is 2.42 bits per heavy atom. The normalized spacial score (nSPS) is 11.8.